The molecule has 0 unspecified atom stereocenters. The normalized spacial score (nSPS) is 11.1. The van der Waals surface area contributed by atoms with Crippen molar-refractivity contribution in [1.82, 2.24) is 13.7 Å². The first-order chi connectivity index (χ1) is 18.4. The molecule has 0 bridgehead atoms. The lowest BCUT2D eigenvalue weighted by molar-refractivity contribution is -0.384. The monoisotopic (exact) mass is 540 g/mol. The molecule has 3 aromatic heterocycles. The van der Waals surface area contributed by atoms with Gasteiger partial charge >= 0.3 is 11.9 Å². The number of carbonyl (C=O) groups excluding carboxylic acids is 3. The molecule has 3 aromatic rings. The third-order valence-corrected chi connectivity index (χ3v) is 6.02. The van der Waals surface area contributed by atoms with Crippen LogP contribution in [0.2, 0.25) is 0 Å². The molecule has 12 nitrogen and oxygen atoms in total. The number of aliphatic carboxylic acids is 1. The third kappa shape index (κ3) is 7.30. The number of rotatable bonds is 14. The van der Waals surface area contributed by atoms with Gasteiger partial charge in [0, 0.05) is 51.4 Å². The number of nitro groups is 1. The summed E-state index contributed by atoms with van der Waals surface area (Å²) in [5.41, 5.74) is 1.70. The van der Waals surface area contributed by atoms with Crippen molar-refractivity contribution in [3.63, 3.8) is 0 Å². The fourth-order valence-corrected chi connectivity index (χ4v) is 4.37. The molecule has 208 valence electrons. The molecule has 1 N–H and O–H groups in total. The summed E-state index contributed by atoms with van der Waals surface area (Å²) in [6, 6.07) is 4.41. The fourth-order valence-electron chi connectivity index (χ4n) is 4.37. The molecule has 39 heavy (non-hydrogen) atoms. The Kier molecular flexibility index (Phi) is 9.23. The van der Waals surface area contributed by atoms with Gasteiger partial charge in [-0.05, 0) is 36.1 Å². The summed E-state index contributed by atoms with van der Waals surface area (Å²) in [5.74, 6) is -1.98. The Labute approximate surface area is 224 Å². The minimum absolute atomic E-state index is 0.0427. The van der Waals surface area contributed by atoms with Gasteiger partial charge in [0.15, 0.2) is 11.6 Å². The number of hydrogen-bond donors (Lipinski definition) is 1. The van der Waals surface area contributed by atoms with E-state index >= 15 is 0 Å². The SMILES string of the molecule is CCOC(=O)c1cc(CC(=O)c2cc(CC(=O)c3cc([N+](=O)[O-])cn3C)cn2CC(C)C)cn1CCC(=O)O. The minimum atomic E-state index is -1.02. The fraction of sp³-hybridized carbons (Fsp3) is 0.407. The van der Waals surface area contributed by atoms with E-state index in [1.165, 1.54) is 27.5 Å². The van der Waals surface area contributed by atoms with Crippen LogP contribution in [0, 0.1) is 16.0 Å². The third-order valence-electron chi connectivity index (χ3n) is 6.02. The predicted molar refractivity (Wildman–Crippen MR) is 140 cm³/mol. The Bertz CT molecular complexity index is 1410. The van der Waals surface area contributed by atoms with Crippen molar-refractivity contribution in [2.24, 2.45) is 13.0 Å². The maximum atomic E-state index is 13.4. The van der Waals surface area contributed by atoms with E-state index in [1.54, 1.807) is 37.0 Å². The first kappa shape index (κ1) is 29.1. The van der Waals surface area contributed by atoms with E-state index in [0.717, 1.165) is 0 Å². The summed E-state index contributed by atoms with van der Waals surface area (Å²) in [7, 11) is 1.56. The average molecular weight is 541 g/mol. The standard InChI is InChI=1S/C27H32N4O8/c1-5-39-27(36)23-9-19(14-29(23)7-6-26(34)35)11-25(33)22-8-18(15-30(22)13-17(2)3)10-24(32)21-12-20(31(37)38)16-28(21)4/h8-9,12,14-17H,5-7,10-11,13H2,1-4H3,(H,34,35). The van der Waals surface area contributed by atoms with E-state index in [-0.39, 0.29) is 67.0 Å². The Balaban J connectivity index is 1.86. The molecule has 0 saturated heterocycles. The minimum Gasteiger partial charge on any atom is -0.481 e. The van der Waals surface area contributed by atoms with Gasteiger partial charge in [0.2, 0.25) is 0 Å². The molecule has 0 saturated carbocycles. The number of hydrogen-bond acceptors (Lipinski definition) is 7. The van der Waals surface area contributed by atoms with Crippen molar-refractivity contribution < 1.29 is 33.9 Å². The lowest BCUT2D eigenvalue weighted by Gasteiger charge is -2.10. The summed E-state index contributed by atoms with van der Waals surface area (Å²) >= 11 is 0. The highest BCUT2D eigenvalue weighted by Gasteiger charge is 2.22. The van der Waals surface area contributed by atoms with E-state index in [1.807, 2.05) is 13.8 Å². The summed E-state index contributed by atoms with van der Waals surface area (Å²) in [4.78, 5) is 60.3. The molecule has 3 rings (SSSR count). The summed E-state index contributed by atoms with van der Waals surface area (Å²) in [6.07, 6.45) is 4.30. The summed E-state index contributed by atoms with van der Waals surface area (Å²) < 4.78 is 9.75. The molecular formula is C27H32N4O8. The van der Waals surface area contributed by atoms with Gasteiger partial charge in [-0.3, -0.25) is 24.5 Å². The number of carboxylic acid groups (broad SMARTS) is 1. The Hall–Kier alpha value is -4.48. The zero-order valence-electron chi connectivity index (χ0n) is 22.4. The largest absolute Gasteiger partial charge is 0.481 e. The van der Waals surface area contributed by atoms with Crippen LogP contribution in [-0.2, 0) is 42.5 Å². The number of Topliss-reactive ketones (excluding diaryl/α,β-unsaturated/α-hetero) is 2. The number of ether oxygens (including phenoxy) is 1. The number of nitrogens with zero attached hydrogens (tertiary/aromatic N) is 4. The van der Waals surface area contributed by atoms with Gasteiger partial charge < -0.3 is 23.5 Å². The second kappa shape index (κ2) is 12.4. The highest BCUT2D eigenvalue weighted by atomic mass is 16.6. The molecule has 3 heterocycles. The van der Waals surface area contributed by atoms with E-state index in [4.69, 9.17) is 9.84 Å². The van der Waals surface area contributed by atoms with Crippen molar-refractivity contribution in [2.45, 2.75) is 53.1 Å². The predicted octanol–water partition coefficient (Wildman–Crippen LogP) is 3.69. The van der Waals surface area contributed by atoms with Crippen LogP contribution in [0.5, 0.6) is 0 Å². The van der Waals surface area contributed by atoms with Crippen LogP contribution >= 0.6 is 0 Å². The molecule has 0 aliphatic rings. The van der Waals surface area contributed by atoms with Crippen LogP contribution in [0.25, 0.3) is 0 Å². The number of aromatic nitrogens is 3. The van der Waals surface area contributed by atoms with Gasteiger partial charge in [0.25, 0.3) is 5.69 Å². The molecule has 0 atom stereocenters. The zero-order chi connectivity index (χ0) is 28.9. The lowest BCUT2D eigenvalue weighted by Crippen LogP contribution is -2.13. The molecular weight excluding hydrogens is 508 g/mol. The van der Waals surface area contributed by atoms with Crippen molar-refractivity contribution >= 4 is 29.2 Å². The Morgan fingerprint density at radius 2 is 1.54 bits per heavy atom. The molecule has 0 aliphatic carbocycles. The van der Waals surface area contributed by atoms with Crippen LogP contribution in [0.3, 0.4) is 0 Å². The van der Waals surface area contributed by atoms with Crippen LogP contribution < -0.4 is 0 Å². The molecule has 0 radical (unpaired) electrons. The van der Waals surface area contributed by atoms with Crippen molar-refractivity contribution in [3.05, 3.63) is 75.1 Å². The lowest BCUT2D eigenvalue weighted by atomic mass is 10.1. The summed E-state index contributed by atoms with van der Waals surface area (Å²) in [6.45, 7) is 6.38. The number of esters is 1. The van der Waals surface area contributed by atoms with Crippen molar-refractivity contribution in [1.29, 1.82) is 0 Å². The van der Waals surface area contributed by atoms with Crippen LogP contribution in [0.4, 0.5) is 5.69 Å². The number of aryl methyl sites for hydroxylation is 2. The summed E-state index contributed by atoms with van der Waals surface area (Å²) in [5, 5.41) is 20.1. The van der Waals surface area contributed by atoms with Crippen molar-refractivity contribution in [3.8, 4) is 0 Å². The van der Waals surface area contributed by atoms with Gasteiger partial charge in [-0.15, -0.1) is 0 Å². The van der Waals surface area contributed by atoms with Gasteiger partial charge in [0.05, 0.1) is 35.5 Å². The van der Waals surface area contributed by atoms with E-state index in [2.05, 4.69) is 0 Å². The molecule has 0 aliphatic heterocycles. The first-order valence-electron chi connectivity index (χ1n) is 12.5. The molecule has 12 heteroatoms. The van der Waals surface area contributed by atoms with Gasteiger partial charge in [-0.25, -0.2) is 4.79 Å². The maximum Gasteiger partial charge on any atom is 0.354 e. The second-order valence-electron chi connectivity index (χ2n) is 9.72. The van der Waals surface area contributed by atoms with Crippen LogP contribution in [-0.4, -0.2) is 53.8 Å². The van der Waals surface area contributed by atoms with Crippen molar-refractivity contribution in [2.75, 3.05) is 6.61 Å². The molecule has 0 aromatic carbocycles. The zero-order valence-corrected chi connectivity index (χ0v) is 22.4. The van der Waals surface area contributed by atoms with E-state index in [0.29, 0.717) is 23.4 Å². The quantitative estimate of drug-likeness (QED) is 0.140. The molecule has 0 fully saturated rings. The Morgan fingerprint density at radius 3 is 2.08 bits per heavy atom. The van der Waals surface area contributed by atoms with Crippen LogP contribution in [0.1, 0.15) is 69.8 Å². The Morgan fingerprint density at radius 1 is 0.949 bits per heavy atom. The molecule has 0 spiro atoms. The average Bonchev–Trinajstić information content (AvgIpc) is 3.54. The molecule has 0 amide bonds. The van der Waals surface area contributed by atoms with Gasteiger partial charge in [0.1, 0.15) is 5.69 Å². The highest BCUT2D eigenvalue weighted by Crippen LogP contribution is 2.21. The second-order valence-corrected chi connectivity index (χ2v) is 9.72. The highest BCUT2D eigenvalue weighted by molar-refractivity contribution is 5.99. The first-order valence-corrected chi connectivity index (χ1v) is 12.5. The number of ketones is 2. The van der Waals surface area contributed by atoms with Gasteiger partial charge in [-0.2, -0.15) is 0 Å². The van der Waals surface area contributed by atoms with Gasteiger partial charge in [-0.1, -0.05) is 13.8 Å². The maximum absolute atomic E-state index is 13.4. The number of carboxylic acids is 1. The van der Waals surface area contributed by atoms with Crippen LogP contribution in [0.15, 0.2) is 36.8 Å². The van der Waals surface area contributed by atoms with E-state index in [9.17, 15) is 29.3 Å². The van der Waals surface area contributed by atoms with E-state index < -0.39 is 16.9 Å². The topological polar surface area (TPSA) is 156 Å². The smallest absolute Gasteiger partial charge is 0.354 e. The number of carbonyl (C=O) groups is 4.